The molecule has 6 heteroatoms. The number of carbonyl (C=O) groups is 1. The van der Waals surface area contributed by atoms with Crippen LogP contribution >= 0.6 is 0 Å². The number of benzene rings is 1. The predicted molar refractivity (Wildman–Crippen MR) is 73.5 cm³/mol. The van der Waals surface area contributed by atoms with Gasteiger partial charge in [0, 0.05) is 12.6 Å². The topological polar surface area (TPSA) is 92.5 Å². The van der Waals surface area contributed by atoms with Gasteiger partial charge in [0.25, 0.3) is 11.6 Å². The van der Waals surface area contributed by atoms with Gasteiger partial charge >= 0.3 is 0 Å². The molecule has 20 heavy (non-hydrogen) atoms. The van der Waals surface area contributed by atoms with Crippen LogP contribution in [-0.2, 0) is 0 Å². The average Bonchev–Trinajstić information content (AvgIpc) is 2.45. The summed E-state index contributed by atoms with van der Waals surface area (Å²) >= 11 is 0. The Hall–Kier alpha value is -1.95. The molecule has 2 N–H and O–H groups in total. The Labute approximate surface area is 117 Å². The molecule has 0 heterocycles. The summed E-state index contributed by atoms with van der Waals surface area (Å²) in [4.78, 5) is 22.3. The predicted octanol–water partition coefficient (Wildman–Crippen LogP) is 2.02. The molecule has 0 spiro atoms. The number of nitrogens with one attached hydrogen (secondary N) is 1. The molecule has 1 aliphatic rings. The molecule has 108 valence electrons. The first-order valence-corrected chi connectivity index (χ1v) is 6.76. The van der Waals surface area contributed by atoms with Crippen molar-refractivity contribution in [1.29, 1.82) is 0 Å². The van der Waals surface area contributed by atoms with Crippen molar-refractivity contribution in [3.8, 4) is 0 Å². The Balaban J connectivity index is 2.03. The zero-order valence-corrected chi connectivity index (χ0v) is 11.2. The quantitative estimate of drug-likeness (QED) is 0.651. The first-order chi connectivity index (χ1) is 9.52. The molecule has 1 amide bonds. The van der Waals surface area contributed by atoms with Gasteiger partial charge < -0.3 is 10.4 Å². The number of rotatable bonds is 4. The number of amides is 1. The smallest absolute Gasteiger partial charge is 0.282 e. The highest BCUT2D eigenvalue weighted by Gasteiger charge is 2.30. The summed E-state index contributed by atoms with van der Waals surface area (Å²) in [7, 11) is 0. The minimum Gasteiger partial charge on any atom is -0.388 e. The SMILES string of the molecule is O=C(NCC1(O)CCCCC1)c1ccccc1[N+](=O)[O-]. The summed E-state index contributed by atoms with van der Waals surface area (Å²) in [5.74, 6) is -0.517. The lowest BCUT2D eigenvalue weighted by Gasteiger charge is -2.32. The molecule has 6 nitrogen and oxygen atoms in total. The van der Waals surface area contributed by atoms with Gasteiger partial charge in [-0.3, -0.25) is 14.9 Å². The number of aliphatic hydroxyl groups is 1. The van der Waals surface area contributed by atoms with Gasteiger partial charge in [0.2, 0.25) is 0 Å². The summed E-state index contributed by atoms with van der Waals surface area (Å²) < 4.78 is 0. The van der Waals surface area contributed by atoms with Crippen molar-refractivity contribution in [3.63, 3.8) is 0 Å². The fourth-order valence-electron chi connectivity index (χ4n) is 2.55. The maximum Gasteiger partial charge on any atom is 0.282 e. The molecule has 1 aromatic rings. The lowest BCUT2D eigenvalue weighted by Crippen LogP contribution is -2.44. The molecular formula is C14H18N2O4. The number of para-hydroxylation sites is 1. The minimum absolute atomic E-state index is 0.0249. The van der Waals surface area contributed by atoms with Gasteiger partial charge in [0.1, 0.15) is 5.56 Å². The summed E-state index contributed by atoms with van der Waals surface area (Å²) in [6.45, 7) is 0.137. The highest BCUT2D eigenvalue weighted by Crippen LogP contribution is 2.27. The van der Waals surface area contributed by atoms with Crippen LogP contribution in [0.2, 0.25) is 0 Å². The van der Waals surface area contributed by atoms with Crippen molar-refractivity contribution < 1.29 is 14.8 Å². The second kappa shape index (κ2) is 6.00. The molecule has 2 rings (SSSR count). The van der Waals surface area contributed by atoms with E-state index in [-0.39, 0.29) is 17.8 Å². The van der Waals surface area contributed by atoms with Crippen molar-refractivity contribution in [2.24, 2.45) is 0 Å². The molecular weight excluding hydrogens is 260 g/mol. The largest absolute Gasteiger partial charge is 0.388 e. The highest BCUT2D eigenvalue weighted by molar-refractivity contribution is 5.98. The summed E-state index contributed by atoms with van der Waals surface area (Å²) in [5.41, 5.74) is -1.07. The number of hydrogen-bond acceptors (Lipinski definition) is 4. The lowest BCUT2D eigenvalue weighted by atomic mass is 9.85. The van der Waals surface area contributed by atoms with E-state index >= 15 is 0 Å². The number of hydrogen-bond donors (Lipinski definition) is 2. The fourth-order valence-corrected chi connectivity index (χ4v) is 2.55. The van der Waals surface area contributed by atoms with E-state index in [2.05, 4.69) is 5.32 Å². The normalized spacial score (nSPS) is 17.4. The third-order valence-corrected chi connectivity index (χ3v) is 3.71. The Morgan fingerprint density at radius 2 is 1.95 bits per heavy atom. The Bertz CT molecular complexity index is 510. The molecule has 1 aliphatic carbocycles. The van der Waals surface area contributed by atoms with E-state index in [9.17, 15) is 20.0 Å². The zero-order chi connectivity index (χ0) is 14.6. The van der Waals surface area contributed by atoms with Crippen LogP contribution in [0.15, 0.2) is 24.3 Å². The molecule has 1 fully saturated rings. The van der Waals surface area contributed by atoms with Gasteiger partial charge in [-0.15, -0.1) is 0 Å². The molecule has 0 radical (unpaired) electrons. The van der Waals surface area contributed by atoms with Crippen LogP contribution in [0.1, 0.15) is 42.5 Å². The number of nitro benzene ring substituents is 1. The van der Waals surface area contributed by atoms with E-state index in [1.54, 1.807) is 6.07 Å². The van der Waals surface area contributed by atoms with Gasteiger partial charge in [-0.25, -0.2) is 0 Å². The first-order valence-electron chi connectivity index (χ1n) is 6.76. The van der Waals surface area contributed by atoms with E-state index in [1.807, 2.05) is 0 Å². The standard InChI is InChI=1S/C14H18N2O4/c17-13(11-6-2-3-7-12(11)16(19)20)15-10-14(18)8-4-1-5-9-14/h2-3,6-7,18H,1,4-5,8-10H2,(H,15,17). The third kappa shape index (κ3) is 3.33. The number of nitrogens with zero attached hydrogens (tertiary/aromatic N) is 1. The monoisotopic (exact) mass is 278 g/mol. The summed E-state index contributed by atoms with van der Waals surface area (Å²) in [6.07, 6.45) is 4.30. The van der Waals surface area contributed by atoms with E-state index in [0.29, 0.717) is 12.8 Å². The maximum absolute atomic E-state index is 12.0. The van der Waals surface area contributed by atoms with Crippen LogP contribution in [0.25, 0.3) is 0 Å². The van der Waals surface area contributed by atoms with Crippen LogP contribution in [-0.4, -0.2) is 28.1 Å². The van der Waals surface area contributed by atoms with Gasteiger partial charge in [0.05, 0.1) is 10.5 Å². The molecule has 0 saturated heterocycles. The van der Waals surface area contributed by atoms with E-state index < -0.39 is 16.4 Å². The Morgan fingerprint density at radius 3 is 2.60 bits per heavy atom. The van der Waals surface area contributed by atoms with E-state index in [0.717, 1.165) is 19.3 Å². The first kappa shape index (κ1) is 14.5. The zero-order valence-electron chi connectivity index (χ0n) is 11.2. The van der Waals surface area contributed by atoms with Crippen molar-refractivity contribution in [2.75, 3.05) is 6.54 Å². The molecule has 0 aliphatic heterocycles. The minimum atomic E-state index is -0.878. The van der Waals surface area contributed by atoms with E-state index in [4.69, 9.17) is 0 Å². The van der Waals surface area contributed by atoms with Crippen LogP contribution in [0.5, 0.6) is 0 Å². The van der Waals surface area contributed by atoms with Crippen LogP contribution in [0.3, 0.4) is 0 Å². The molecule has 0 atom stereocenters. The second-order valence-corrected chi connectivity index (χ2v) is 5.24. The number of carbonyl (C=O) groups excluding carboxylic acids is 1. The van der Waals surface area contributed by atoms with Crippen molar-refractivity contribution >= 4 is 11.6 Å². The second-order valence-electron chi connectivity index (χ2n) is 5.24. The van der Waals surface area contributed by atoms with Crippen molar-refractivity contribution in [1.82, 2.24) is 5.32 Å². The lowest BCUT2D eigenvalue weighted by molar-refractivity contribution is -0.385. The molecule has 0 unspecified atom stereocenters. The Kier molecular flexibility index (Phi) is 4.34. The van der Waals surface area contributed by atoms with Gasteiger partial charge in [-0.05, 0) is 18.9 Å². The van der Waals surface area contributed by atoms with Crippen LogP contribution in [0.4, 0.5) is 5.69 Å². The number of nitro groups is 1. The molecule has 1 saturated carbocycles. The van der Waals surface area contributed by atoms with Crippen molar-refractivity contribution in [3.05, 3.63) is 39.9 Å². The fraction of sp³-hybridized carbons (Fsp3) is 0.500. The summed E-state index contributed by atoms with van der Waals surface area (Å²) in [6, 6.07) is 5.81. The van der Waals surface area contributed by atoms with E-state index in [1.165, 1.54) is 18.2 Å². The summed E-state index contributed by atoms with van der Waals surface area (Å²) in [5, 5.41) is 23.8. The highest BCUT2D eigenvalue weighted by atomic mass is 16.6. The van der Waals surface area contributed by atoms with Crippen LogP contribution in [0, 0.1) is 10.1 Å². The van der Waals surface area contributed by atoms with Crippen LogP contribution < -0.4 is 5.32 Å². The Morgan fingerprint density at radius 1 is 1.30 bits per heavy atom. The third-order valence-electron chi connectivity index (χ3n) is 3.71. The molecule has 0 bridgehead atoms. The van der Waals surface area contributed by atoms with Gasteiger partial charge in [-0.2, -0.15) is 0 Å². The average molecular weight is 278 g/mol. The molecule has 1 aromatic carbocycles. The van der Waals surface area contributed by atoms with Crippen molar-refractivity contribution in [2.45, 2.75) is 37.7 Å². The van der Waals surface area contributed by atoms with Gasteiger partial charge in [0.15, 0.2) is 0 Å². The molecule has 0 aromatic heterocycles. The van der Waals surface area contributed by atoms with Gasteiger partial charge in [-0.1, -0.05) is 31.4 Å². The maximum atomic E-state index is 12.0.